The van der Waals surface area contributed by atoms with Crippen molar-refractivity contribution in [2.45, 2.75) is 350 Å². The molecule has 0 saturated heterocycles. The number of ether oxygens (including phenoxy) is 4. The molecule has 19 heteroatoms. The normalized spacial score (nSPS) is 14.6. The molecule has 6 atom stereocenters. The van der Waals surface area contributed by atoms with Crippen molar-refractivity contribution in [3.63, 3.8) is 0 Å². The van der Waals surface area contributed by atoms with Crippen LogP contribution in [0.4, 0.5) is 0 Å². The zero-order valence-electron chi connectivity index (χ0n) is 56.6. The molecule has 0 rings (SSSR count). The van der Waals surface area contributed by atoms with Crippen LogP contribution in [-0.4, -0.2) is 96.7 Å². The summed E-state index contributed by atoms with van der Waals surface area (Å²) in [7, 11) is -9.90. The predicted octanol–water partition coefficient (Wildman–Crippen LogP) is 18.9. The number of carbonyl (C=O) groups excluding carboxylic acids is 4. The summed E-state index contributed by atoms with van der Waals surface area (Å²) in [6.45, 7) is 14.0. The van der Waals surface area contributed by atoms with Gasteiger partial charge in [-0.15, -0.1) is 0 Å². The molecule has 516 valence electrons. The minimum absolute atomic E-state index is 0.102. The third kappa shape index (κ3) is 61.3. The van der Waals surface area contributed by atoms with E-state index in [1.54, 1.807) is 0 Å². The molecule has 0 aliphatic heterocycles. The van der Waals surface area contributed by atoms with Crippen LogP contribution in [0, 0.1) is 23.7 Å². The predicted molar refractivity (Wildman–Crippen MR) is 349 cm³/mol. The van der Waals surface area contributed by atoms with Crippen LogP contribution in [0.25, 0.3) is 0 Å². The average Bonchev–Trinajstić information content (AvgIpc) is 3.60. The molecule has 0 radical (unpaired) electrons. The zero-order chi connectivity index (χ0) is 64.7. The molecule has 87 heavy (non-hydrogen) atoms. The van der Waals surface area contributed by atoms with Crippen LogP contribution in [0.1, 0.15) is 331 Å². The molecule has 0 bridgehead atoms. The second kappa shape index (κ2) is 57.9. The molecule has 0 saturated carbocycles. The number of carbonyl (C=O) groups is 4. The van der Waals surface area contributed by atoms with Gasteiger partial charge in [-0.05, 0) is 49.4 Å². The van der Waals surface area contributed by atoms with E-state index in [9.17, 15) is 43.2 Å². The fraction of sp³-hybridized carbons (Fsp3) is 0.941. The molecule has 0 aromatic heterocycles. The highest BCUT2D eigenvalue weighted by molar-refractivity contribution is 7.47. The Kier molecular flexibility index (Phi) is 56.6. The highest BCUT2D eigenvalue weighted by Crippen LogP contribution is 2.45. The first-order valence-electron chi connectivity index (χ1n) is 35.2. The number of unbranched alkanes of at least 4 members (excludes halogenated alkanes) is 30. The SMILES string of the molecule is CCC(C)CCCCCCCCCCCCC(=O)O[C@H](COC(=O)CCCCCCCCCCC(C)C)COP(=O)(O)OCC(O)COP(=O)(O)OC[C@@H](COC(=O)CCCCCCCCCCCC(C)C)OC(=O)CCCCCCCCCC(C)C. The van der Waals surface area contributed by atoms with Crippen molar-refractivity contribution in [2.75, 3.05) is 39.6 Å². The van der Waals surface area contributed by atoms with Gasteiger partial charge in [-0.2, -0.15) is 0 Å². The van der Waals surface area contributed by atoms with E-state index in [4.69, 9.17) is 37.0 Å². The molecular formula is C68H132O17P2. The minimum Gasteiger partial charge on any atom is -0.462 e. The van der Waals surface area contributed by atoms with E-state index in [0.717, 1.165) is 108 Å². The quantitative estimate of drug-likeness (QED) is 0.0222. The number of aliphatic hydroxyl groups excluding tert-OH is 1. The first kappa shape index (κ1) is 85.1. The van der Waals surface area contributed by atoms with Crippen molar-refractivity contribution in [2.24, 2.45) is 23.7 Å². The molecule has 0 aromatic carbocycles. The van der Waals surface area contributed by atoms with Crippen LogP contribution >= 0.6 is 15.6 Å². The molecule has 3 N–H and O–H groups in total. The molecule has 0 heterocycles. The van der Waals surface area contributed by atoms with E-state index in [-0.39, 0.29) is 25.7 Å². The maximum Gasteiger partial charge on any atom is 0.472 e. The van der Waals surface area contributed by atoms with Gasteiger partial charge in [0, 0.05) is 25.7 Å². The highest BCUT2D eigenvalue weighted by atomic mass is 31.2. The largest absolute Gasteiger partial charge is 0.472 e. The number of hydrogen-bond acceptors (Lipinski definition) is 15. The Labute approximate surface area is 530 Å². The van der Waals surface area contributed by atoms with E-state index in [1.807, 2.05) is 0 Å². The Morgan fingerprint density at radius 3 is 0.816 bits per heavy atom. The summed E-state index contributed by atoms with van der Waals surface area (Å²) >= 11 is 0. The fourth-order valence-corrected chi connectivity index (χ4v) is 11.7. The first-order valence-corrected chi connectivity index (χ1v) is 38.2. The summed E-state index contributed by atoms with van der Waals surface area (Å²) in [5.74, 6) is 0.834. The van der Waals surface area contributed by atoms with Crippen LogP contribution in [-0.2, 0) is 65.4 Å². The fourth-order valence-electron chi connectivity index (χ4n) is 10.1. The molecule has 0 aliphatic rings. The summed E-state index contributed by atoms with van der Waals surface area (Å²) in [6.07, 6.45) is 39.0. The van der Waals surface area contributed by atoms with Gasteiger partial charge in [0.1, 0.15) is 19.3 Å². The topological polar surface area (TPSA) is 237 Å². The second-order valence-corrected chi connectivity index (χ2v) is 29.1. The number of phosphoric acid groups is 2. The van der Waals surface area contributed by atoms with E-state index >= 15 is 0 Å². The van der Waals surface area contributed by atoms with Gasteiger partial charge < -0.3 is 33.8 Å². The number of rotatable bonds is 65. The third-order valence-electron chi connectivity index (χ3n) is 15.9. The van der Waals surface area contributed by atoms with E-state index in [2.05, 4.69) is 55.4 Å². The van der Waals surface area contributed by atoms with Crippen molar-refractivity contribution in [3.8, 4) is 0 Å². The Bertz CT molecular complexity index is 1730. The molecular weight excluding hydrogens is 1150 g/mol. The van der Waals surface area contributed by atoms with Crippen LogP contribution in [0.15, 0.2) is 0 Å². The first-order chi connectivity index (χ1) is 41.6. The van der Waals surface area contributed by atoms with Crippen LogP contribution < -0.4 is 0 Å². The molecule has 0 aromatic rings. The Morgan fingerprint density at radius 2 is 0.552 bits per heavy atom. The average molecular weight is 1280 g/mol. The summed E-state index contributed by atoms with van der Waals surface area (Å²) in [5.41, 5.74) is 0. The zero-order valence-corrected chi connectivity index (χ0v) is 58.4. The molecule has 0 fully saturated rings. The van der Waals surface area contributed by atoms with Gasteiger partial charge in [-0.25, -0.2) is 9.13 Å². The number of phosphoric ester groups is 2. The van der Waals surface area contributed by atoms with Gasteiger partial charge in [0.05, 0.1) is 26.4 Å². The third-order valence-corrected chi connectivity index (χ3v) is 17.8. The van der Waals surface area contributed by atoms with Gasteiger partial charge >= 0.3 is 39.5 Å². The van der Waals surface area contributed by atoms with E-state index in [1.165, 1.54) is 135 Å². The minimum atomic E-state index is -4.95. The lowest BCUT2D eigenvalue weighted by Gasteiger charge is -2.21. The van der Waals surface area contributed by atoms with Crippen molar-refractivity contribution >= 4 is 39.5 Å². The van der Waals surface area contributed by atoms with Crippen molar-refractivity contribution < 1.29 is 80.2 Å². The number of esters is 4. The summed E-state index contributed by atoms with van der Waals surface area (Å²) in [5, 5.41) is 10.6. The van der Waals surface area contributed by atoms with Gasteiger partial charge in [0.2, 0.25) is 0 Å². The van der Waals surface area contributed by atoms with Crippen molar-refractivity contribution in [1.82, 2.24) is 0 Å². The highest BCUT2D eigenvalue weighted by Gasteiger charge is 2.30. The Morgan fingerprint density at radius 1 is 0.322 bits per heavy atom. The lowest BCUT2D eigenvalue weighted by atomic mass is 9.99. The Balaban J connectivity index is 5.26. The lowest BCUT2D eigenvalue weighted by Crippen LogP contribution is -2.30. The molecule has 0 spiro atoms. The van der Waals surface area contributed by atoms with E-state index in [0.29, 0.717) is 31.6 Å². The van der Waals surface area contributed by atoms with Gasteiger partial charge in [-0.1, -0.05) is 280 Å². The number of aliphatic hydroxyl groups is 1. The van der Waals surface area contributed by atoms with Crippen molar-refractivity contribution in [3.05, 3.63) is 0 Å². The standard InChI is InChI=1S/C68H132O17P2/c1-9-61(8)47-39-31-23-14-10-11-15-26-34-42-50-67(72)84-63(54-79-66(71)49-41-33-25-18-17-21-29-37-45-59(4)5)56-82-86(74,75)80-52-62(69)53-81-87(76,77)83-57-64(85-68(73)51-43-35-27-19-22-30-38-46-60(6)7)55-78-65(70)48-40-32-24-16-12-13-20-28-36-44-58(2)3/h58-64,69H,9-57H2,1-8H3,(H,74,75)(H,76,77)/t61?,62?,63-,64-/m1/s1. The monoisotopic (exact) mass is 1280 g/mol. The summed E-state index contributed by atoms with van der Waals surface area (Å²) < 4.78 is 68.2. The Hall–Kier alpha value is -1.94. The van der Waals surface area contributed by atoms with Crippen LogP contribution in [0.5, 0.6) is 0 Å². The van der Waals surface area contributed by atoms with E-state index < -0.39 is 97.5 Å². The van der Waals surface area contributed by atoms with Gasteiger partial charge in [-0.3, -0.25) is 37.3 Å². The van der Waals surface area contributed by atoms with Crippen LogP contribution in [0.2, 0.25) is 0 Å². The summed E-state index contributed by atoms with van der Waals surface area (Å²) in [6, 6.07) is 0. The van der Waals surface area contributed by atoms with Gasteiger partial charge in [0.25, 0.3) is 0 Å². The molecule has 17 nitrogen and oxygen atoms in total. The van der Waals surface area contributed by atoms with Crippen LogP contribution in [0.3, 0.4) is 0 Å². The smallest absolute Gasteiger partial charge is 0.462 e. The lowest BCUT2D eigenvalue weighted by molar-refractivity contribution is -0.161. The summed E-state index contributed by atoms with van der Waals surface area (Å²) in [4.78, 5) is 72.4. The van der Waals surface area contributed by atoms with Gasteiger partial charge in [0.15, 0.2) is 12.2 Å². The maximum absolute atomic E-state index is 13.0. The maximum atomic E-state index is 13.0. The number of hydrogen-bond donors (Lipinski definition) is 3. The second-order valence-electron chi connectivity index (χ2n) is 26.2. The molecule has 4 unspecified atom stereocenters. The van der Waals surface area contributed by atoms with Crippen molar-refractivity contribution in [1.29, 1.82) is 0 Å². The molecule has 0 aliphatic carbocycles. The molecule has 0 amide bonds.